The predicted molar refractivity (Wildman–Crippen MR) is 149 cm³/mol. The van der Waals surface area contributed by atoms with E-state index in [1.807, 2.05) is 37.3 Å². The molecule has 5 nitrogen and oxygen atoms in total. The Hall–Kier alpha value is -2.57. The Morgan fingerprint density at radius 2 is 1.75 bits per heavy atom. The molecule has 186 valence electrons. The molecular weight excluding hydrogens is 515 g/mol. The first-order chi connectivity index (χ1) is 17.5. The molecule has 0 radical (unpaired) electrons. The average molecular weight is 542 g/mol. The van der Waals surface area contributed by atoms with Crippen LogP contribution in [0.5, 0.6) is 5.75 Å². The monoisotopic (exact) mass is 540 g/mol. The minimum Gasteiger partial charge on any atom is -0.486 e. The van der Waals surface area contributed by atoms with Crippen LogP contribution >= 0.6 is 34.8 Å². The Labute approximate surface area is 226 Å². The van der Waals surface area contributed by atoms with Crippen molar-refractivity contribution >= 4 is 57.9 Å². The molecule has 1 N–H and O–H groups in total. The molecule has 2 aromatic heterocycles. The van der Waals surface area contributed by atoms with Crippen molar-refractivity contribution in [1.29, 1.82) is 0 Å². The summed E-state index contributed by atoms with van der Waals surface area (Å²) < 4.78 is 6.16. The maximum atomic E-state index is 6.63. The van der Waals surface area contributed by atoms with E-state index in [4.69, 9.17) is 39.5 Å². The average Bonchev–Trinajstić information content (AvgIpc) is 3.26. The maximum Gasteiger partial charge on any atom is 0.124 e. The number of hydrogen-bond donors (Lipinski definition) is 1. The van der Waals surface area contributed by atoms with Crippen molar-refractivity contribution in [1.82, 2.24) is 20.1 Å². The Kier molecular flexibility index (Phi) is 7.82. The summed E-state index contributed by atoms with van der Waals surface area (Å²) in [5.74, 6) is 0.690. The number of halogens is 3. The molecule has 0 saturated carbocycles. The molecule has 1 unspecified atom stereocenters. The summed E-state index contributed by atoms with van der Waals surface area (Å²) in [5.41, 5.74) is 4.63. The zero-order valence-corrected chi connectivity index (χ0v) is 22.2. The second-order valence-corrected chi connectivity index (χ2v) is 10.3. The maximum absolute atomic E-state index is 6.63. The molecule has 5 rings (SSSR count). The van der Waals surface area contributed by atoms with Crippen LogP contribution in [0.3, 0.4) is 0 Å². The fourth-order valence-corrected chi connectivity index (χ4v) is 5.57. The third-order valence-corrected chi connectivity index (χ3v) is 7.44. The molecule has 8 heteroatoms. The molecule has 0 spiro atoms. The van der Waals surface area contributed by atoms with Gasteiger partial charge >= 0.3 is 0 Å². The summed E-state index contributed by atoms with van der Waals surface area (Å²) in [6, 6.07) is 12.1. The smallest absolute Gasteiger partial charge is 0.124 e. The largest absolute Gasteiger partial charge is 0.486 e. The van der Waals surface area contributed by atoms with E-state index in [9.17, 15) is 0 Å². The molecule has 2 aromatic carbocycles. The Bertz CT molecular complexity index is 1370. The third-order valence-electron chi connectivity index (χ3n) is 6.51. The van der Waals surface area contributed by atoms with E-state index in [-0.39, 0.29) is 6.10 Å². The van der Waals surface area contributed by atoms with Gasteiger partial charge in [-0.25, -0.2) is 0 Å². The zero-order chi connectivity index (χ0) is 25.1. The fraction of sp³-hybridized carbons (Fsp3) is 0.286. The number of aromatic nitrogens is 3. The fourth-order valence-electron chi connectivity index (χ4n) is 4.64. The van der Waals surface area contributed by atoms with E-state index in [1.165, 1.54) is 37.9 Å². The van der Waals surface area contributed by atoms with Crippen molar-refractivity contribution in [3.05, 3.63) is 86.2 Å². The van der Waals surface area contributed by atoms with Crippen molar-refractivity contribution in [2.45, 2.75) is 38.8 Å². The van der Waals surface area contributed by atoms with Crippen LogP contribution in [0, 0.1) is 0 Å². The lowest BCUT2D eigenvalue weighted by Crippen LogP contribution is -2.29. The first-order valence-corrected chi connectivity index (χ1v) is 13.2. The van der Waals surface area contributed by atoms with Gasteiger partial charge < -0.3 is 4.74 Å². The summed E-state index contributed by atoms with van der Waals surface area (Å²) >= 11 is 19.2. The van der Waals surface area contributed by atoms with E-state index in [0.29, 0.717) is 21.4 Å². The normalized spacial score (nSPS) is 15.6. The molecule has 0 aliphatic carbocycles. The summed E-state index contributed by atoms with van der Waals surface area (Å²) in [4.78, 5) is 6.51. The number of aromatic amines is 1. The van der Waals surface area contributed by atoms with Crippen LogP contribution in [0.2, 0.25) is 15.1 Å². The quantitative estimate of drug-likeness (QED) is 0.256. The van der Waals surface area contributed by atoms with Gasteiger partial charge in [0.2, 0.25) is 0 Å². The number of hydrogen-bond acceptors (Lipinski definition) is 4. The third kappa shape index (κ3) is 5.70. The van der Waals surface area contributed by atoms with Crippen molar-refractivity contribution in [3.63, 3.8) is 0 Å². The summed E-state index contributed by atoms with van der Waals surface area (Å²) in [6.07, 6.45) is 10.6. The molecule has 0 bridgehead atoms. The number of nitrogens with one attached hydrogen (secondary N) is 1. The van der Waals surface area contributed by atoms with Gasteiger partial charge in [-0.3, -0.25) is 15.0 Å². The molecule has 1 fully saturated rings. The van der Waals surface area contributed by atoms with Gasteiger partial charge in [0.15, 0.2) is 0 Å². The van der Waals surface area contributed by atoms with Crippen LogP contribution in [-0.2, 0) is 6.54 Å². The van der Waals surface area contributed by atoms with Crippen molar-refractivity contribution in [3.8, 4) is 5.75 Å². The molecular formula is C28H27Cl3N4O. The van der Waals surface area contributed by atoms with E-state index < -0.39 is 0 Å². The Morgan fingerprint density at radius 1 is 0.972 bits per heavy atom. The number of ether oxygens (including phenoxy) is 1. The second kappa shape index (κ2) is 11.2. The highest BCUT2D eigenvalue weighted by molar-refractivity contribution is 6.35. The Balaban J connectivity index is 1.33. The topological polar surface area (TPSA) is 54.0 Å². The molecule has 1 aliphatic rings. The van der Waals surface area contributed by atoms with E-state index >= 15 is 0 Å². The number of pyridine rings is 1. The molecule has 1 atom stereocenters. The number of piperidine rings is 1. The van der Waals surface area contributed by atoms with Crippen molar-refractivity contribution < 1.29 is 4.74 Å². The molecule has 3 heterocycles. The standard InChI is InChI=1S/C28H27Cl3N4O/c1-18(28-24(30)15-32-16-25(28)31)36-21-8-10-27-22(14-21)26(33-34-27)9-7-20-6-5-19(13-23(20)29)17-35-11-3-2-4-12-35/h5-10,13-16,18H,2-4,11-12,17H2,1H3,(H,33,34)/b9-7+. The van der Waals surface area contributed by atoms with Crippen LogP contribution < -0.4 is 4.74 Å². The number of fused-ring (bicyclic) bond motifs is 1. The second-order valence-electron chi connectivity index (χ2n) is 9.12. The molecule has 1 aliphatic heterocycles. The SMILES string of the molecule is CC(Oc1ccc2[nH]nc(/C=C/c3ccc(CN4CCCCC4)cc3Cl)c2c1)c1c(Cl)cncc1Cl. The van der Waals surface area contributed by atoms with E-state index in [2.05, 4.69) is 38.3 Å². The number of nitrogens with zero attached hydrogens (tertiary/aromatic N) is 3. The molecule has 1 saturated heterocycles. The van der Waals surface area contributed by atoms with Crippen LogP contribution in [0.4, 0.5) is 0 Å². The van der Waals surface area contributed by atoms with Crippen LogP contribution in [0.25, 0.3) is 23.1 Å². The lowest BCUT2D eigenvalue weighted by atomic mass is 10.1. The molecule has 0 amide bonds. The van der Waals surface area contributed by atoms with Gasteiger partial charge in [0, 0.05) is 34.9 Å². The first-order valence-electron chi connectivity index (χ1n) is 12.1. The van der Waals surface area contributed by atoms with Gasteiger partial charge in [0.25, 0.3) is 0 Å². The van der Waals surface area contributed by atoms with Gasteiger partial charge in [-0.05, 0) is 74.3 Å². The van der Waals surface area contributed by atoms with Crippen molar-refractivity contribution in [2.24, 2.45) is 0 Å². The highest BCUT2D eigenvalue weighted by Crippen LogP contribution is 2.33. The Morgan fingerprint density at radius 3 is 2.50 bits per heavy atom. The van der Waals surface area contributed by atoms with E-state index in [1.54, 1.807) is 12.4 Å². The number of benzene rings is 2. The van der Waals surface area contributed by atoms with Crippen LogP contribution in [-0.4, -0.2) is 33.2 Å². The lowest BCUT2D eigenvalue weighted by Gasteiger charge is -2.26. The zero-order valence-electron chi connectivity index (χ0n) is 20.0. The predicted octanol–water partition coefficient (Wildman–Crippen LogP) is 8.21. The van der Waals surface area contributed by atoms with Crippen LogP contribution in [0.1, 0.15) is 54.7 Å². The minimum absolute atomic E-state index is 0.349. The number of H-pyrrole nitrogens is 1. The molecule has 4 aromatic rings. The number of rotatable bonds is 7. The summed E-state index contributed by atoms with van der Waals surface area (Å²) in [7, 11) is 0. The highest BCUT2D eigenvalue weighted by Gasteiger charge is 2.17. The van der Waals surface area contributed by atoms with Gasteiger partial charge in [-0.2, -0.15) is 5.10 Å². The van der Waals surface area contributed by atoms with Gasteiger partial charge in [0.1, 0.15) is 11.9 Å². The van der Waals surface area contributed by atoms with Gasteiger partial charge in [0.05, 0.1) is 21.3 Å². The van der Waals surface area contributed by atoms with Gasteiger partial charge in [-0.15, -0.1) is 0 Å². The van der Waals surface area contributed by atoms with Crippen LogP contribution in [0.15, 0.2) is 48.8 Å². The molecule has 36 heavy (non-hydrogen) atoms. The number of likely N-dealkylation sites (tertiary alicyclic amines) is 1. The minimum atomic E-state index is -0.349. The summed E-state index contributed by atoms with van der Waals surface area (Å²) in [6.45, 7) is 5.19. The van der Waals surface area contributed by atoms with E-state index in [0.717, 1.165) is 33.7 Å². The summed E-state index contributed by atoms with van der Waals surface area (Å²) in [5, 5.41) is 10.2. The van der Waals surface area contributed by atoms with Crippen molar-refractivity contribution in [2.75, 3.05) is 13.1 Å². The first kappa shape index (κ1) is 25.1. The lowest BCUT2D eigenvalue weighted by molar-refractivity contribution is 0.221. The highest BCUT2D eigenvalue weighted by atomic mass is 35.5. The van der Waals surface area contributed by atoms with Gasteiger partial charge in [-0.1, -0.05) is 59.4 Å².